The van der Waals surface area contributed by atoms with Gasteiger partial charge in [0.2, 0.25) is 0 Å². The Kier molecular flexibility index (Phi) is 3.65. The average molecular weight is 271 g/mol. The van der Waals surface area contributed by atoms with Gasteiger partial charge in [-0.2, -0.15) is 0 Å². The molecule has 0 saturated carbocycles. The molecule has 0 bridgehead atoms. The molecular formula is C16H18FN3. The molecule has 1 fully saturated rings. The molecule has 0 aliphatic carbocycles. The first-order valence-electron chi connectivity index (χ1n) is 6.88. The predicted molar refractivity (Wildman–Crippen MR) is 79.3 cm³/mol. The van der Waals surface area contributed by atoms with Gasteiger partial charge in [-0.15, -0.1) is 0 Å². The van der Waals surface area contributed by atoms with Crippen LogP contribution in [0.5, 0.6) is 0 Å². The zero-order chi connectivity index (χ0) is 13.9. The highest BCUT2D eigenvalue weighted by Crippen LogP contribution is 2.23. The molecule has 0 N–H and O–H groups in total. The van der Waals surface area contributed by atoms with E-state index in [1.165, 1.54) is 6.07 Å². The number of likely N-dealkylation sites (N-methyl/N-ethyl adjacent to an activating group) is 1. The van der Waals surface area contributed by atoms with Crippen molar-refractivity contribution < 1.29 is 4.39 Å². The van der Waals surface area contributed by atoms with Crippen LogP contribution in [0.25, 0.3) is 11.1 Å². The van der Waals surface area contributed by atoms with E-state index in [-0.39, 0.29) is 5.82 Å². The van der Waals surface area contributed by atoms with Gasteiger partial charge >= 0.3 is 0 Å². The second-order valence-electron chi connectivity index (χ2n) is 5.18. The molecule has 0 unspecified atom stereocenters. The van der Waals surface area contributed by atoms with E-state index in [4.69, 9.17) is 0 Å². The maximum absolute atomic E-state index is 13.7. The lowest BCUT2D eigenvalue weighted by atomic mass is 10.1. The molecule has 4 heteroatoms. The number of benzene rings is 1. The molecule has 1 aromatic carbocycles. The van der Waals surface area contributed by atoms with E-state index in [0.29, 0.717) is 5.56 Å². The predicted octanol–water partition coefficient (Wildman–Crippen LogP) is 2.64. The number of halogens is 1. The molecule has 0 spiro atoms. The third-order valence-electron chi connectivity index (χ3n) is 3.76. The number of piperazine rings is 1. The summed E-state index contributed by atoms with van der Waals surface area (Å²) >= 11 is 0. The van der Waals surface area contributed by atoms with Gasteiger partial charge in [0.05, 0.1) is 0 Å². The van der Waals surface area contributed by atoms with Crippen LogP contribution in [0.1, 0.15) is 0 Å². The summed E-state index contributed by atoms with van der Waals surface area (Å²) in [7, 11) is 2.13. The maximum atomic E-state index is 13.7. The lowest BCUT2D eigenvalue weighted by Gasteiger charge is -2.33. The Balaban J connectivity index is 1.80. The fraction of sp³-hybridized carbons (Fsp3) is 0.312. The van der Waals surface area contributed by atoms with Gasteiger partial charge in [0.1, 0.15) is 11.6 Å². The summed E-state index contributed by atoms with van der Waals surface area (Å²) in [5.41, 5.74) is 1.42. The maximum Gasteiger partial charge on any atom is 0.131 e. The molecule has 3 rings (SSSR count). The van der Waals surface area contributed by atoms with E-state index >= 15 is 0 Å². The molecule has 1 saturated heterocycles. The Morgan fingerprint density at radius 3 is 2.40 bits per heavy atom. The number of hydrogen-bond donors (Lipinski definition) is 0. The van der Waals surface area contributed by atoms with E-state index in [1.54, 1.807) is 18.3 Å². The summed E-state index contributed by atoms with van der Waals surface area (Å²) in [6, 6.07) is 10.7. The minimum atomic E-state index is -0.207. The molecular weight excluding hydrogens is 253 g/mol. The zero-order valence-corrected chi connectivity index (χ0v) is 11.6. The van der Waals surface area contributed by atoms with Crippen molar-refractivity contribution in [1.82, 2.24) is 9.88 Å². The molecule has 20 heavy (non-hydrogen) atoms. The topological polar surface area (TPSA) is 19.4 Å². The number of pyridine rings is 1. The first-order chi connectivity index (χ1) is 9.74. The SMILES string of the molecule is CN1CCN(c2ccc(-c3ccccc3F)cn2)CC1. The van der Waals surface area contributed by atoms with Crippen LogP contribution in [-0.2, 0) is 0 Å². The normalized spacial score (nSPS) is 16.4. The Morgan fingerprint density at radius 2 is 1.75 bits per heavy atom. The summed E-state index contributed by atoms with van der Waals surface area (Å²) in [5.74, 6) is 0.764. The van der Waals surface area contributed by atoms with Gasteiger partial charge in [-0.3, -0.25) is 0 Å². The van der Waals surface area contributed by atoms with Crippen molar-refractivity contribution in [2.75, 3.05) is 38.1 Å². The number of rotatable bonds is 2. The van der Waals surface area contributed by atoms with Crippen molar-refractivity contribution in [3.8, 4) is 11.1 Å². The van der Waals surface area contributed by atoms with Crippen LogP contribution in [0, 0.1) is 5.82 Å². The standard InChI is InChI=1S/C16H18FN3/c1-19-8-10-20(11-9-19)16-7-6-13(12-18-16)14-4-2-3-5-15(14)17/h2-7,12H,8-11H2,1H3. The molecule has 0 atom stereocenters. The number of hydrogen-bond acceptors (Lipinski definition) is 3. The summed E-state index contributed by atoms with van der Waals surface area (Å²) < 4.78 is 13.7. The third kappa shape index (κ3) is 2.65. The molecule has 1 aromatic heterocycles. The fourth-order valence-corrected chi connectivity index (χ4v) is 2.46. The summed E-state index contributed by atoms with van der Waals surface area (Å²) in [6.45, 7) is 4.08. The second-order valence-corrected chi connectivity index (χ2v) is 5.18. The molecule has 2 heterocycles. The van der Waals surface area contributed by atoms with E-state index in [9.17, 15) is 4.39 Å². The van der Waals surface area contributed by atoms with E-state index in [2.05, 4.69) is 21.8 Å². The van der Waals surface area contributed by atoms with Crippen LogP contribution < -0.4 is 4.90 Å². The fourth-order valence-electron chi connectivity index (χ4n) is 2.46. The number of anilines is 1. The van der Waals surface area contributed by atoms with Crippen LogP contribution in [0.15, 0.2) is 42.6 Å². The molecule has 1 aliphatic rings. The van der Waals surface area contributed by atoms with Gasteiger partial charge in [0, 0.05) is 43.5 Å². The highest BCUT2D eigenvalue weighted by atomic mass is 19.1. The third-order valence-corrected chi connectivity index (χ3v) is 3.76. The quantitative estimate of drug-likeness (QED) is 0.837. The summed E-state index contributed by atoms with van der Waals surface area (Å²) in [6.07, 6.45) is 1.76. The van der Waals surface area contributed by atoms with Crippen LogP contribution in [-0.4, -0.2) is 43.1 Å². The summed E-state index contributed by atoms with van der Waals surface area (Å²) in [4.78, 5) is 9.06. The molecule has 2 aromatic rings. The molecule has 0 amide bonds. The summed E-state index contributed by atoms with van der Waals surface area (Å²) in [5, 5.41) is 0. The van der Waals surface area contributed by atoms with Gasteiger partial charge < -0.3 is 9.80 Å². The largest absolute Gasteiger partial charge is 0.354 e. The van der Waals surface area contributed by atoms with Crippen LogP contribution in [0.2, 0.25) is 0 Å². The van der Waals surface area contributed by atoms with Crippen LogP contribution in [0.4, 0.5) is 10.2 Å². The lowest BCUT2D eigenvalue weighted by Crippen LogP contribution is -2.44. The van der Waals surface area contributed by atoms with Crippen LogP contribution in [0.3, 0.4) is 0 Å². The highest BCUT2D eigenvalue weighted by Gasteiger charge is 2.15. The van der Waals surface area contributed by atoms with Gasteiger partial charge in [-0.1, -0.05) is 18.2 Å². The van der Waals surface area contributed by atoms with Crippen molar-refractivity contribution in [1.29, 1.82) is 0 Å². The Bertz CT molecular complexity index is 575. The Labute approximate surface area is 118 Å². The minimum Gasteiger partial charge on any atom is -0.354 e. The smallest absolute Gasteiger partial charge is 0.131 e. The molecule has 3 nitrogen and oxygen atoms in total. The van der Waals surface area contributed by atoms with Gasteiger partial charge in [0.15, 0.2) is 0 Å². The van der Waals surface area contributed by atoms with Crippen molar-refractivity contribution in [3.63, 3.8) is 0 Å². The lowest BCUT2D eigenvalue weighted by molar-refractivity contribution is 0.312. The van der Waals surface area contributed by atoms with E-state index in [1.807, 2.05) is 18.2 Å². The average Bonchev–Trinajstić information content (AvgIpc) is 2.49. The first kappa shape index (κ1) is 13.1. The molecule has 0 radical (unpaired) electrons. The zero-order valence-electron chi connectivity index (χ0n) is 11.6. The van der Waals surface area contributed by atoms with Crippen molar-refractivity contribution in [2.24, 2.45) is 0 Å². The molecule has 1 aliphatic heterocycles. The molecule has 104 valence electrons. The first-order valence-corrected chi connectivity index (χ1v) is 6.88. The Morgan fingerprint density at radius 1 is 1.00 bits per heavy atom. The van der Waals surface area contributed by atoms with Gasteiger partial charge in [-0.05, 0) is 25.2 Å². The Hall–Kier alpha value is -1.94. The van der Waals surface area contributed by atoms with E-state index < -0.39 is 0 Å². The van der Waals surface area contributed by atoms with Gasteiger partial charge in [0.25, 0.3) is 0 Å². The van der Waals surface area contributed by atoms with Crippen molar-refractivity contribution in [2.45, 2.75) is 0 Å². The number of nitrogens with zero attached hydrogens (tertiary/aromatic N) is 3. The van der Waals surface area contributed by atoms with E-state index in [0.717, 1.165) is 37.6 Å². The van der Waals surface area contributed by atoms with Gasteiger partial charge in [-0.25, -0.2) is 9.37 Å². The highest BCUT2D eigenvalue weighted by molar-refractivity contribution is 5.64. The monoisotopic (exact) mass is 271 g/mol. The van der Waals surface area contributed by atoms with Crippen molar-refractivity contribution >= 4 is 5.82 Å². The van der Waals surface area contributed by atoms with Crippen LogP contribution >= 0.6 is 0 Å². The second kappa shape index (κ2) is 5.59. The number of aromatic nitrogens is 1. The minimum absolute atomic E-state index is 0.207. The van der Waals surface area contributed by atoms with Crippen molar-refractivity contribution in [3.05, 3.63) is 48.4 Å².